The summed E-state index contributed by atoms with van der Waals surface area (Å²) >= 11 is 0. The van der Waals surface area contributed by atoms with E-state index in [1.54, 1.807) is 0 Å². The molecular weight excluding hydrogens is 585 g/mol. The van der Waals surface area contributed by atoms with Crippen LogP contribution in [0, 0.1) is 0 Å². The molecule has 0 fully saturated rings. The van der Waals surface area contributed by atoms with Crippen molar-refractivity contribution in [3.63, 3.8) is 0 Å². The molecule has 0 heterocycles. The van der Waals surface area contributed by atoms with Crippen LogP contribution < -0.4 is 0 Å². The Bertz CT molecular complexity index is 2240. The largest absolute Gasteiger partial charge is 0.507 e. The summed E-state index contributed by atoms with van der Waals surface area (Å²) in [7, 11) is 0. The summed E-state index contributed by atoms with van der Waals surface area (Å²) in [5.74, 6) is 1.36. The molecule has 2 N–H and O–H groups in total. The van der Waals surface area contributed by atoms with Gasteiger partial charge in [-0.3, -0.25) is 0 Å². The minimum Gasteiger partial charge on any atom is -0.507 e. The SMILES string of the molecule is CC1CC=Cc2c1cc(-c1cccc(-c3cccc(-c4cccc(-c5cccc(-c6ccccc6)c5)c4O)c3)c1O)c1c2C(C)CC=C1. The highest BCUT2D eigenvalue weighted by atomic mass is 16.3. The Morgan fingerprint density at radius 3 is 1.56 bits per heavy atom. The topological polar surface area (TPSA) is 40.5 Å². The number of para-hydroxylation sites is 2. The van der Waals surface area contributed by atoms with E-state index in [2.05, 4.69) is 74.5 Å². The smallest absolute Gasteiger partial charge is 0.131 e. The molecule has 6 aromatic rings. The van der Waals surface area contributed by atoms with Gasteiger partial charge >= 0.3 is 0 Å². The maximum absolute atomic E-state index is 12.0. The molecule has 2 nitrogen and oxygen atoms in total. The molecule has 0 radical (unpaired) electrons. The van der Waals surface area contributed by atoms with Gasteiger partial charge in [-0.2, -0.15) is 0 Å². The van der Waals surface area contributed by atoms with Gasteiger partial charge < -0.3 is 10.2 Å². The predicted octanol–water partition coefficient (Wildman–Crippen LogP) is 12.5. The number of fused-ring (bicyclic) bond motifs is 3. The summed E-state index contributed by atoms with van der Waals surface area (Å²) < 4.78 is 0. The molecule has 0 saturated heterocycles. The van der Waals surface area contributed by atoms with Gasteiger partial charge in [0.25, 0.3) is 0 Å². The molecule has 0 aromatic heterocycles. The Labute approximate surface area is 283 Å². The first-order valence-electron chi connectivity index (χ1n) is 16.9. The second kappa shape index (κ2) is 12.2. The lowest BCUT2D eigenvalue weighted by molar-refractivity contribution is 0.479. The van der Waals surface area contributed by atoms with Crippen LogP contribution in [0.2, 0.25) is 0 Å². The first kappa shape index (κ1) is 29.8. The molecule has 2 unspecified atom stereocenters. The molecule has 234 valence electrons. The molecule has 0 bridgehead atoms. The van der Waals surface area contributed by atoms with E-state index in [4.69, 9.17) is 0 Å². The quantitative estimate of drug-likeness (QED) is 0.201. The third-order valence-corrected chi connectivity index (χ3v) is 10.2. The van der Waals surface area contributed by atoms with Crippen molar-refractivity contribution < 1.29 is 10.2 Å². The van der Waals surface area contributed by atoms with Crippen LogP contribution >= 0.6 is 0 Å². The number of hydrogen-bond donors (Lipinski definition) is 2. The van der Waals surface area contributed by atoms with Gasteiger partial charge in [0, 0.05) is 22.3 Å². The van der Waals surface area contributed by atoms with Gasteiger partial charge in [-0.1, -0.05) is 141 Å². The number of aromatic hydroxyl groups is 2. The molecule has 2 aliphatic carbocycles. The van der Waals surface area contributed by atoms with Crippen LogP contribution in [0.5, 0.6) is 11.5 Å². The van der Waals surface area contributed by atoms with Crippen molar-refractivity contribution in [3.05, 3.63) is 156 Å². The van der Waals surface area contributed by atoms with Crippen LogP contribution in [0.1, 0.15) is 60.8 Å². The number of rotatable bonds is 5. The van der Waals surface area contributed by atoms with Crippen LogP contribution in [0.4, 0.5) is 0 Å². The zero-order valence-corrected chi connectivity index (χ0v) is 27.3. The van der Waals surface area contributed by atoms with Gasteiger partial charge in [-0.05, 0) is 98.5 Å². The molecule has 0 saturated carbocycles. The number of hydrogen-bond acceptors (Lipinski definition) is 2. The highest BCUT2D eigenvalue weighted by Gasteiger charge is 2.27. The van der Waals surface area contributed by atoms with Crippen LogP contribution in [0.15, 0.2) is 133 Å². The zero-order chi connectivity index (χ0) is 32.8. The van der Waals surface area contributed by atoms with Crippen molar-refractivity contribution in [2.24, 2.45) is 0 Å². The maximum Gasteiger partial charge on any atom is 0.131 e. The van der Waals surface area contributed by atoms with Gasteiger partial charge in [0.15, 0.2) is 0 Å². The Morgan fingerprint density at radius 1 is 0.438 bits per heavy atom. The molecule has 0 spiro atoms. The lowest BCUT2D eigenvalue weighted by Crippen LogP contribution is -2.11. The van der Waals surface area contributed by atoms with E-state index in [9.17, 15) is 10.2 Å². The van der Waals surface area contributed by atoms with Gasteiger partial charge in [-0.25, -0.2) is 0 Å². The van der Waals surface area contributed by atoms with Crippen molar-refractivity contribution in [2.45, 2.75) is 38.5 Å². The Balaban J connectivity index is 1.20. The third-order valence-electron chi connectivity index (χ3n) is 10.2. The zero-order valence-electron chi connectivity index (χ0n) is 27.3. The van der Waals surface area contributed by atoms with E-state index in [1.807, 2.05) is 84.9 Å². The average molecular weight is 623 g/mol. The van der Waals surface area contributed by atoms with Gasteiger partial charge in [0.2, 0.25) is 0 Å². The monoisotopic (exact) mass is 622 g/mol. The summed E-state index contributed by atoms with van der Waals surface area (Å²) in [5.41, 5.74) is 14.6. The second-order valence-electron chi connectivity index (χ2n) is 13.3. The minimum absolute atomic E-state index is 0.239. The number of phenolic OH excluding ortho intramolecular Hbond substituents is 2. The van der Waals surface area contributed by atoms with Crippen LogP contribution in [-0.2, 0) is 0 Å². The highest BCUT2D eigenvalue weighted by molar-refractivity contribution is 5.91. The first-order valence-corrected chi connectivity index (χ1v) is 16.9. The second-order valence-corrected chi connectivity index (χ2v) is 13.3. The standard InChI is InChI=1S/C46H38O2/c1-29-12-6-23-39-42(29)28-43(40-24-7-13-30(2)44(39)40)41-25-11-22-38(46(41)48)35-19-9-18-34(27-35)37-21-10-20-36(45(37)47)33-17-8-16-32(26-33)31-14-4-3-5-15-31/h3-11,14-30,47-48H,12-13H2,1-2H3. The molecular formula is C46H38O2. The van der Waals surface area contributed by atoms with Crippen molar-refractivity contribution >= 4 is 12.2 Å². The molecule has 2 atom stereocenters. The normalized spacial score (nSPS) is 16.4. The lowest BCUT2D eigenvalue weighted by atomic mass is 9.75. The summed E-state index contributed by atoms with van der Waals surface area (Å²) in [6.07, 6.45) is 11.2. The van der Waals surface area contributed by atoms with E-state index in [0.717, 1.165) is 68.5 Å². The number of benzene rings is 6. The fourth-order valence-corrected chi connectivity index (χ4v) is 7.66. The van der Waals surface area contributed by atoms with Gasteiger partial charge in [0.1, 0.15) is 11.5 Å². The molecule has 0 amide bonds. The molecule has 2 heteroatoms. The molecule has 8 rings (SSSR count). The third kappa shape index (κ3) is 5.15. The van der Waals surface area contributed by atoms with E-state index >= 15 is 0 Å². The number of allylic oxidation sites excluding steroid dienone is 2. The Kier molecular flexibility index (Phi) is 7.57. The molecule has 2 aliphatic rings. The summed E-state index contributed by atoms with van der Waals surface area (Å²) in [4.78, 5) is 0. The van der Waals surface area contributed by atoms with Crippen LogP contribution in [0.25, 0.3) is 67.8 Å². The molecule has 6 aromatic carbocycles. The van der Waals surface area contributed by atoms with E-state index in [0.29, 0.717) is 11.8 Å². The summed E-state index contributed by atoms with van der Waals surface area (Å²) in [5, 5.41) is 23.6. The fourth-order valence-electron chi connectivity index (χ4n) is 7.66. The van der Waals surface area contributed by atoms with Gasteiger partial charge in [0.05, 0.1) is 0 Å². The Hall–Kier alpha value is -5.60. The number of phenols is 2. The summed E-state index contributed by atoms with van der Waals surface area (Å²) in [6.45, 7) is 4.61. The fraction of sp³-hybridized carbons (Fsp3) is 0.130. The van der Waals surface area contributed by atoms with Crippen molar-refractivity contribution in [1.29, 1.82) is 0 Å². The minimum atomic E-state index is 0.239. The van der Waals surface area contributed by atoms with Crippen LogP contribution in [-0.4, -0.2) is 10.2 Å². The predicted molar refractivity (Wildman–Crippen MR) is 201 cm³/mol. The van der Waals surface area contributed by atoms with Crippen molar-refractivity contribution in [3.8, 4) is 67.1 Å². The van der Waals surface area contributed by atoms with Crippen LogP contribution in [0.3, 0.4) is 0 Å². The molecule has 48 heavy (non-hydrogen) atoms. The highest BCUT2D eigenvalue weighted by Crippen LogP contribution is 2.48. The average Bonchev–Trinajstić information content (AvgIpc) is 3.12. The lowest BCUT2D eigenvalue weighted by Gasteiger charge is -2.29. The van der Waals surface area contributed by atoms with Crippen molar-refractivity contribution in [2.75, 3.05) is 0 Å². The Morgan fingerprint density at radius 2 is 0.917 bits per heavy atom. The molecule has 0 aliphatic heterocycles. The van der Waals surface area contributed by atoms with Crippen molar-refractivity contribution in [1.82, 2.24) is 0 Å². The van der Waals surface area contributed by atoms with Gasteiger partial charge in [-0.15, -0.1) is 0 Å². The van der Waals surface area contributed by atoms with E-state index in [1.165, 1.54) is 22.3 Å². The maximum atomic E-state index is 12.0. The van der Waals surface area contributed by atoms with E-state index in [-0.39, 0.29) is 11.5 Å². The summed E-state index contributed by atoms with van der Waals surface area (Å²) in [6, 6.07) is 41.0. The first-order chi connectivity index (χ1) is 23.5. The van der Waals surface area contributed by atoms with E-state index < -0.39 is 0 Å².